The third-order valence-electron chi connectivity index (χ3n) is 2.88. The van der Waals surface area contributed by atoms with Gasteiger partial charge in [-0.15, -0.1) is 0 Å². The molecular weight excluding hydrogens is 290 g/mol. The van der Waals surface area contributed by atoms with Gasteiger partial charge in [-0.1, -0.05) is 29.8 Å². The van der Waals surface area contributed by atoms with Crippen molar-refractivity contribution in [2.45, 2.75) is 33.4 Å². The highest BCUT2D eigenvalue weighted by Gasteiger charge is 2.08. The Bertz CT molecular complexity index is 514. The summed E-state index contributed by atoms with van der Waals surface area (Å²) < 4.78 is 3.06. The molecular formula is C14H18BrN3. The molecule has 0 saturated heterocycles. The van der Waals surface area contributed by atoms with Gasteiger partial charge in [0, 0.05) is 28.3 Å². The molecule has 0 unspecified atom stereocenters. The van der Waals surface area contributed by atoms with E-state index in [0.717, 1.165) is 16.7 Å². The van der Waals surface area contributed by atoms with Gasteiger partial charge in [-0.3, -0.25) is 0 Å². The first-order valence-corrected chi connectivity index (χ1v) is 6.90. The maximum atomic E-state index is 4.45. The van der Waals surface area contributed by atoms with Crippen LogP contribution in [0.4, 0.5) is 0 Å². The van der Waals surface area contributed by atoms with E-state index in [1.165, 1.54) is 11.3 Å². The molecule has 96 valence electrons. The van der Waals surface area contributed by atoms with E-state index >= 15 is 0 Å². The number of benzene rings is 1. The van der Waals surface area contributed by atoms with Crippen LogP contribution in [0.3, 0.4) is 0 Å². The van der Waals surface area contributed by atoms with Gasteiger partial charge < -0.3 is 5.32 Å². The van der Waals surface area contributed by atoms with E-state index in [-0.39, 0.29) is 0 Å². The molecule has 1 aromatic carbocycles. The summed E-state index contributed by atoms with van der Waals surface area (Å²) in [5.74, 6) is 0. The molecule has 4 heteroatoms. The van der Waals surface area contributed by atoms with Crippen molar-refractivity contribution < 1.29 is 0 Å². The van der Waals surface area contributed by atoms with Crippen LogP contribution in [-0.4, -0.2) is 15.8 Å². The quantitative estimate of drug-likeness (QED) is 0.937. The number of nitrogens with zero attached hydrogens (tertiary/aromatic N) is 2. The number of rotatable bonds is 4. The maximum absolute atomic E-state index is 4.45. The lowest BCUT2D eigenvalue weighted by molar-refractivity contribution is 0.587. The van der Waals surface area contributed by atoms with Gasteiger partial charge in [0.15, 0.2) is 0 Å². The number of hydrogen-bond donors (Lipinski definition) is 1. The summed E-state index contributed by atoms with van der Waals surface area (Å²) >= 11 is 3.44. The van der Waals surface area contributed by atoms with Crippen molar-refractivity contribution in [2.75, 3.05) is 0 Å². The predicted molar refractivity (Wildman–Crippen MR) is 78.0 cm³/mol. The third-order valence-corrected chi connectivity index (χ3v) is 3.41. The second-order valence-electron chi connectivity index (χ2n) is 4.68. The largest absolute Gasteiger partial charge is 0.310 e. The fourth-order valence-corrected chi connectivity index (χ4v) is 2.04. The van der Waals surface area contributed by atoms with E-state index in [1.807, 2.05) is 23.0 Å². The lowest BCUT2D eigenvalue weighted by Crippen LogP contribution is -2.22. The van der Waals surface area contributed by atoms with Gasteiger partial charge in [0.25, 0.3) is 0 Å². The Labute approximate surface area is 116 Å². The molecule has 0 aliphatic heterocycles. The molecule has 0 bridgehead atoms. The van der Waals surface area contributed by atoms with Crippen LogP contribution >= 0.6 is 15.9 Å². The maximum Gasteiger partial charge on any atom is 0.0649 e. The fraction of sp³-hybridized carbons (Fsp3) is 0.357. The molecule has 2 aromatic rings. The van der Waals surface area contributed by atoms with Crippen LogP contribution in [0, 0.1) is 6.92 Å². The monoisotopic (exact) mass is 307 g/mol. The van der Waals surface area contributed by atoms with Crippen LogP contribution in [0.15, 0.2) is 34.9 Å². The summed E-state index contributed by atoms with van der Waals surface area (Å²) in [7, 11) is 0. The molecule has 0 fully saturated rings. The van der Waals surface area contributed by atoms with E-state index in [0.29, 0.717) is 6.04 Å². The molecule has 3 nitrogen and oxygen atoms in total. The average molecular weight is 308 g/mol. The summed E-state index contributed by atoms with van der Waals surface area (Å²) in [6.45, 7) is 7.26. The van der Waals surface area contributed by atoms with E-state index in [2.05, 4.69) is 59.2 Å². The highest BCUT2D eigenvalue weighted by molar-refractivity contribution is 9.10. The van der Waals surface area contributed by atoms with Crippen molar-refractivity contribution in [2.24, 2.45) is 0 Å². The Morgan fingerprint density at radius 2 is 1.94 bits per heavy atom. The summed E-state index contributed by atoms with van der Waals surface area (Å²) in [4.78, 5) is 0. The minimum absolute atomic E-state index is 0.487. The van der Waals surface area contributed by atoms with Crippen LogP contribution in [0.1, 0.15) is 25.1 Å². The molecule has 1 heterocycles. The number of halogens is 1. The zero-order valence-electron chi connectivity index (χ0n) is 10.9. The summed E-state index contributed by atoms with van der Waals surface area (Å²) in [5, 5.41) is 7.87. The predicted octanol–water partition coefficient (Wildman–Crippen LogP) is 3.44. The fourth-order valence-electron chi connectivity index (χ4n) is 1.77. The first-order chi connectivity index (χ1) is 8.58. The highest BCUT2D eigenvalue weighted by atomic mass is 79.9. The van der Waals surface area contributed by atoms with Gasteiger partial charge in [-0.2, -0.15) is 5.10 Å². The number of nitrogens with one attached hydrogen (secondary N) is 1. The zero-order chi connectivity index (χ0) is 13.1. The van der Waals surface area contributed by atoms with Gasteiger partial charge >= 0.3 is 0 Å². The van der Waals surface area contributed by atoms with E-state index in [4.69, 9.17) is 0 Å². The van der Waals surface area contributed by atoms with E-state index < -0.39 is 0 Å². The molecule has 1 aromatic heterocycles. The van der Waals surface area contributed by atoms with Crippen LogP contribution in [0.25, 0.3) is 5.69 Å². The molecule has 0 amide bonds. The van der Waals surface area contributed by atoms with Crippen LogP contribution in [-0.2, 0) is 6.54 Å². The Morgan fingerprint density at radius 3 is 2.56 bits per heavy atom. The minimum atomic E-state index is 0.487. The first kappa shape index (κ1) is 13.3. The number of hydrogen-bond acceptors (Lipinski definition) is 2. The normalized spacial score (nSPS) is 11.2. The Kier molecular flexibility index (Phi) is 4.19. The second kappa shape index (κ2) is 5.67. The smallest absolute Gasteiger partial charge is 0.0649 e. The van der Waals surface area contributed by atoms with Crippen molar-refractivity contribution in [1.82, 2.24) is 15.1 Å². The van der Waals surface area contributed by atoms with Gasteiger partial charge in [0.05, 0.1) is 11.9 Å². The summed E-state index contributed by atoms with van der Waals surface area (Å²) in [6.07, 6.45) is 1.94. The average Bonchev–Trinajstić information content (AvgIpc) is 2.69. The zero-order valence-corrected chi connectivity index (χ0v) is 12.5. The standard InChI is InChI=1S/C14H18BrN3/c1-10(2)16-8-12-9-17-18(11(12)3)14-6-4-13(15)5-7-14/h4-7,9-10,16H,8H2,1-3H3. The molecule has 1 N–H and O–H groups in total. The summed E-state index contributed by atoms with van der Waals surface area (Å²) in [6, 6.07) is 8.67. The lowest BCUT2D eigenvalue weighted by Gasteiger charge is -2.08. The van der Waals surface area contributed by atoms with Crippen LogP contribution < -0.4 is 5.32 Å². The van der Waals surface area contributed by atoms with Crippen molar-refractivity contribution in [3.05, 3.63) is 46.2 Å². The molecule has 0 aliphatic rings. The van der Waals surface area contributed by atoms with Gasteiger partial charge in [-0.25, -0.2) is 4.68 Å². The third kappa shape index (κ3) is 3.00. The number of aromatic nitrogens is 2. The van der Waals surface area contributed by atoms with E-state index in [9.17, 15) is 0 Å². The van der Waals surface area contributed by atoms with Crippen molar-refractivity contribution in [3.8, 4) is 5.69 Å². The molecule has 2 rings (SSSR count). The van der Waals surface area contributed by atoms with Gasteiger partial charge in [-0.05, 0) is 31.2 Å². The summed E-state index contributed by atoms with van der Waals surface area (Å²) in [5.41, 5.74) is 3.52. The Hall–Kier alpha value is -1.13. The molecule has 0 atom stereocenters. The topological polar surface area (TPSA) is 29.9 Å². The SMILES string of the molecule is Cc1c(CNC(C)C)cnn1-c1ccc(Br)cc1. The first-order valence-electron chi connectivity index (χ1n) is 6.10. The molecule has 0 radical (unpaired) electrons. The molecule has 0 spiro atoms. The van der Waals surface area contributed by atoms with Crippen LogP contribution in [0.5, 0.6) is 0 Å². The van der Waals surface area contributed by atoms with Crippen molar-refractivity contribution in [1.29, 1.82) is 0 Å². The minimum Gasteiger partial charge on any atom is -0.310 e. The molecule has 0 saturated carbocycles. The Morgan fingerprint density at radius 1 is 1.28 bits per heavy atom. The van der Waals surface area contributed by atoms with Crippen molar-refractivity contribution >= 4 is 15.9 Å². The molecule has 18 heavy (non-hydrogen) atoms. The lowest BCUT2D eigenvalue weighted by atomic mass is 10.2. The Balaban J connectivity index is 2.22. The second-order valence-corrected chi connectivity index (χ2v) is 5.59. The highest BCUT2D eigenvalue weighted by Crippen LogP contribution is 2.17. The van der Waals surface area contributed by atoms with Gasteiger partial charge in [0.2, 0.25) is 0 Å². The molecule has 0 aliphatic carbocycles. The van der Waals surface area contributed by atoms with Crippen molar-refractivity contribution in [3.63, 3.8) is 0 Å². The van der Waals surface area contributed by atoms with Crippen LogP contribution in [0.2, 0.25) is 0 Å². The van der Waals surface area contributed by atoms with E-state index in [1.54, 1.807) is 0 Å². The van der Waals surface area contributed by atoms with Gasteiger partial charge in [0.1, 0.15) is 0 Å².